The van der Waals surface area contributed by atoms with Gasteiger partial charge in [-0.3, -0.25) is 4.79 Å². The van der Waals surface area contributed by atoms with Crippen LogP contribution in [0.5, 0.6) is 0 Å². The van der Waals surface area contributed by atoms with Gasteiger partial charge in [-0.05, 0) is 47.5 Å². The summed E-state index contributed by atoms with van der Waals surface area (Å²) in [5.41, 5.74) is 0.582. The molecule has 0 radical (unpaired) electrons. The number of carbonyl (C=O) groups excluding carboxylic acids is 1. The molecule has 1 aliphatic heterocycles. The molecule has 0 aliphatic carbocycles. The summed E-state index contributed by atoms with van der Waals surface area (Å²) in [5, 5.41) is 16.0. The molecule has 0 spiro atoms. The second-order valence-corrected chi connectivity index (χ2v) is 11.0. The minimum absolute atomic E-state index is 0.0166. The van der Waals surface area contributed by atoms with Crippen molar-refractivity contribution in [3.05, 3.63) is 72.3 Å². The molecule has 35 heavy (non-hydrogen) atoms. The van der Waals surface area contributed by atoms with Crippen LogP contribution in [-0.2, 0) is 20.2 Å². The SMILES string of the molecule is CC(C)(C(=O)N1CCN(S(=O)(=O)c2ccccc2-c2nn[nH]n2)CC1)c1ccc2ccccc2c1. The summed E-state index contributed by atoms with van der Waals surface area (Å²) in [5.74, 6) is 0.201. The number of sulfonamides is 1. The van der Waals surface area contributed by atoms with Crippen LogP contribution in [0.1, 0.15) is 19.4 Å². The van der Waals surface area contributed by atoms with Crippen LogP contribution in [0.4, 0.5) is 0 Å². The largest absolute Gasteiger partial charge is 0.339 e. The highest BCUT2D eigenvalue weighted by Crippen LogP contribution is 2.31. The lowest BCUT2D eigenvalue weighted by molar-refractivity contribution is -0.137. The zero-order chi connectivity index (χ0) is 24.6. The molecule has 0 unspecified atom stereocenters. The van der Waals surface area contributed by atoms with Gasteiger partial charge in [0.2, 0.25) is 21.8 Å². The Morgan fingerprint density at radius 3 is 2.31 bits per heavy atom. The third kappa shape index (κ3) is 4.19. The molecule has 1 aromatic heterocycles. The van der Waals surface area contributed by atoms with Gasteiger partial charge in [-0.2, -0.15) is 9.52 Å². The van der Waals surface area contributed by atoms with Crippen molar-refractivity contribution in [3.63, 3.8) is 0 Å². The van der Waals surface area contributed by atoms with Crippen molar-refractivity contribution < 1.29 is 13.2 Å². The number of H-pyrrole nitrogens is 1. The zero-order valence-electron chi connectivity index (χ0n) is 19.5. The van der Waals surface area contributed by atoms with E-state index in [-0.39, 0.29) is 29.7 Å². The monoisotopic (exact) mass is 490 g/mol. The van der Waals surface area contributed by atoms with Crippen LogP contribution in [0.15, 0.2) is 71.6 Å². The fourth-order valence-electron chi connectivity index (χ4n) is 4.52. The van der Waals surface area contributed by atoms with Gasteiger partial charge in [-0.1, -0.05) is 54.6 Å². The van der Waals surface area contributed by atoms with Crippen molar-refractivity contribution in [3.8, 4) is 11.4 Å². The molecule has 1 amide bonds. The number of benzene rings is 3. The third-order valence-electron chi connectivity index (χ3n) is 6.62. The fraction of sp³-hybridized carbons (Fsp3) is 0.280. The van der Waals surface area contributed by atoms with E-state index in [4.69, 9.17) is 0 Å². The predicted octanol–water partition coefficient (Wildman–Crippen LogP) is 2.83. The first-order valence-corrected chi connectivity index (χ1v) is 12.8. The molecular weight excluding hydrogens is 464 g/mol. The normalized spacial score (nSPS) is 15.4. The van der Waals surface area contributed by atoms with Crippen LogP contribution >= 0.6 is 0 Å². The highest BCUT2D eigenvalue weighted by atomic mass is 32.2. The van der Waals surface area contributed by atoms with Crippen molar-refractivity contribution in [1.82, 2.24) is 29.8 Å². The van der Waals surface area contributed by atoms with Crippen LogP contribution in [0.2, 0.25) is 0 Å². The topological polar surface area (TPSA) is 112 Å². The Bertz CT molecular complexity index is 1480. The minimum Gasteiger partial charge on any atom is -0.339 e. The molecule has 3 aromatic carbocycles. The van der Waals surface area contributed by atoms with Gasteiger partial charge in [-0.15, -0.1) is 10.2 Å². The highest BCUT2D eigenvalue weighted by Gasteiger charge is 2.38. The second-order valence-electron chi connectivity index (χ2n) is 9.11. The van der Waals surface area contributed by atoms with E-state index in [2.05, 4.69) is 26.7 Å². The molecule has 5 rings (SSSR count). The lowest BCUT2D eigenvalue weighted by Crippen LogP contribution is -2.54. The van der Waals surface area contributed by atoms with E-state index in [9.17, 15) is 13.2 Å². The Labute approximate surface area is 203 Å². The summed E-state index contributed by atoms with van der Waals surface area (Å²) in [6.45, 7) is 4.90. The number of aromatic nitrogens is 4. The summed E-state index contributed by atoms with van der Waals surface area (Å²) in [6, 6.07) is 20.7. The molecule has 1 saturated heterocycles. The average Bonchev–Trinajstić information content (AvgIpc) is 3.43. The van der Waals surface area contributed by atoms with E-state index in [1.807, 2.05) is 50.2 Å². The van der Waals surface area contributed by atoms with E-state index in [0.717, 1.165) is 16.3 Å². The molecule has 4 aromatic rings. The first-order valence-electron chi connectivity index (χ1n) is 11.4. The number of carbonyl (C=O) groups is 1. The van der Waals surface area contributed by atoms with Crippen LogP contribution in [0, 0.1) is 0 Å². The van der Waals surface area contributed by atoms with E-state index < -0.39 is 15.4 Å². The van der Waals surface area contributed by atoms with Gasteiger partial charge < -0.3 is 4.90 Å². The molecule has 0 atom stereocenters. The van der Waals surface area contributed by atoms with Crippen molar-refractivity contribution in [2.24, 2.45) is 0 Å². The number of rotatable bonds is 5. The molecule has 10 heteroatoms. The van der Waals surface area contributed by atoms with Gasteiger partial charge in [0.1, 0.15) is 0 Å². The standard InChI is InChI=1S/C25H26N6O3S/c1-25(2,20-12-11-18-7-3-4-8-19(18)17-20)24(32)30-13-15-31(16-14-30)35(33,34)22-10-6-5-9-21(22)23-26-28-29-27-23/h3-12,17H,13-16H2,1-2H3,(H,26,27,28,29). The Kier molecular flexibility index (Phi) is 5.86. The van der Waals surface area contributed by atoms with Gasteiger partial charge in [-0.25, -0.2) is 8.42 Å². The van der Waals surface area contributed by atoms with Crippen LogP contribution in [0.25, 0.3) is 22.2 Å². The van der Waals surface area contributed by atoms with Gasteiger partial charge in [0.15, 0.2) is 0 Å². The van der Waals surface area contributed by atoms with E-state index in [1.54, 1.807) is 29.2 Å². The minimum atomic E-state index is -3.81. The summed E-state index contributed by atoms with van der Waals surface area (Å²) in [7, 11) is -3.81. The first kappa shape index (κ1) is 23.1. The van der Waals surface area contributed by atoms with Crippen molar-refractivity contribution >= 4 is 26.7 Å². The third-order valence-corrected chi connectivity index (χ3v) is 8.58. The smallest absolute Gasteiger partial charge is 0.243 e. The number of hydrogen-bond donors (Lipinski definition) is 1. The van der Waals surface area contributed by atoms with E-state index in [0.29, 0.717) is 18.7 Å². The predicted molar refractivity (Wildman–Crippen MR) is 132 cm³/mol. The quantitative estimate of drug-likeness (QED) is 0.460. The van der Waals surface area contributed by atoms with Crippen LogP contribution < -0.4 is 0 Å². The van der Waals surface area contributed by atoms with Gasteiger partial charge >= 0.3 is 0 Å². The molecule has 0 saturated carbocycles. The molecule has 0 bridgehead atoms. The lowest BCUT2D eigenvalue weighted by Gasteiger charge is -2.38. The van der Waals surface area contributed by atoms with Crippen LogP contribution in [0.3, 0.4) is 0 Å². The molecule has 1 N–H and O–H groups in total. The maximum atomic E-state index is 13.5. The number of aromatic amines is 1. The number of piperazine rings is 1. The summed E-state index contributed by atoms with van der Waals surface area (Å²) in [4.78, 5) is 15.4. The first-order chi connectivity index (χ1) is 16.8. The van der Waals surface area contributed by atoms with Gasteiger partial charge in [0.25, 0.3) is 0 Å². The Morgan fingerprint density at radius 1 is 0.914 bits per heavy atom. The van der Waals surface area contributed by atoms with Gasteiger partial charge in [0.05, 0.1) is 10.3 Å². The Morgan fingerprint density at radius 2 is 1.60 bits per heavy atom. The number of fused-ring (bicyclic) bond motifs is 1. The van der Waals surface area contributed by atoms with Crippen molar-refractivity contribution in [2.45, 2.75) is 24.2 Å². The number of nitrogens with one attached hydrogen (secondary N) is 1. The van der Waals surface area contributed by atoms with Crippen molar-refractivity contribution in [2.75, 3.05) is 26.2 Å². The number of tetrazole rings is 1. The fourth-order valence-corrected chi connectivity index (χ4v) is 6.13. The summed E-state index contributed by atoms with van der Waals surface area (Å²) >= 11 is 0. The molecule has 1 fully saturated rings. The molecule has 180 valence electrons. The maximum absolute atomic E-state index is 13.5. The van der Waals surface area contributed by atoms with Gasteiger partial charge in [0, 0.05) is 31.7 Å². The average molecular weight is 491 g/mol. The zero-order valence-corrected chi connectivity index (χ0v) is 20.4. The molecular formula is C25H26N6O3S. The Balaban J connectivity index is 1.33. The molecule has 9 nitrogen and oxygen atoms in total. The Hall–Kier alpha value is -3.63. The highest BCUT2D eigenvalue weighted by molar-refractivity contribution is 7.89. The van der Waals surface area contributed by atoms with Crippen molar-refractivity contribution in [1.29, 1.82) is 0 Å². The lowest BCUT2D eigenvalue weighted by atomic mass is 9.82. The van der Waals surface area contributed by atoms with E-state index in [1.165, 1.54) is 4.31 Å². The maximum Gasteiger partial charge on any atom is 0.243 e. The van der Waals surface area contributed by atoms with Crippen LogP contribution in [-0.4, -0.2) is 70.3 Å². The number of nitrogens with zero attached hydrogens (tertiary/aromatic N) is 5. The second kappa shape index (κ2) is 8.86. The summed E-state index contributed by atoms with van der Waals surface area (Å²) in [6.07, 6.45) is 0. The molecule has 1 aliphatic rings. The molecule has 2 heterocycles. The van der Waals surface area contributed by atoms with E-state index >= 15 is 0 Å². The number of amides is 1. The summed E-state index contributed by atoms with van der Waals surface area (Å²) < 4.78 is 28.3. The number of hydrogen-bond acceptors (Lipinski definition) is 6.